The summed E-state index contributed by atoms with van der Waals surface area (Å²) in [6.45, 7) is 5.79. The van der Waals surface area contributed by atoms with Gasteiger partial charge in [0.15, 0.2) is 6.10 Å². The van der Waals surface area contributed by atoms with E-state index in [0.29, 0.717) is 5.92 Å². The van der Waals surface area contributed by atoms with Gasteiger partial charge in [0, 0.05) is 13.6 Å². The van der Waals surface area contributed by atoms with Crippen LogP contribution in [0.2, 0.25) is 0 Å². The molecule has 0 N–H and O–H groups in total. The molecule has 1 atom stereocenters. The van der Waals surface area contributed by atoms with Crippen molar-refractivity contribution in [3.05, 3.63) is 53.5 Å². The molecule has 1 aromatic carbocycles. The first-order valence-corrected chi connectivity index (χ1v) is 10.4. The molecule has 1 saturated heterocycles. The number of hydrogen-bond donors (Lipinski definition) is 0. The minimum Gasteiger partial charge on any atom is -0.480 e. The van der Waals surface area contributed by atoms with Gasteiger partial charge in [-0.1, -0.05) is 18.2 Å². The van der Waals surface area contributed by atoms with Gasteiger partial charge in [-0.15, -0.1) is 0 Å². The number of piperidine rings is 1. The van der Waals surface area contributed by atoms with Crippen LogP contribution in [0.3, 0.4) is 0 Å². The zero-order valence-electron chi connectivity index (χ0n) is 16.9. The number of nitrogens with zero attached hydrogens (tertiary/aromatic N) is 2. The molecule has 5 nitrogen and oxygen atoms in total. The lowest BCUT2D eigenvalue weighted by molar-refractivity contribution is -0.138. The average molecular weight is 383 g/mol. The van der Waals surface area contributed by atoms with Crippen LogP contribution in [0.15, 0.2) is 40.8 Å². The van der Waals surface area contributed by atoms with E-state index < -0.39 is 0 Å². The summed E-state index contributed by atoms with van der Waals surface area (Å²) in [5, 5.41) is 0. The molecule has 4 rings (SSSR count). The fourth-order valence-corrected chi connectivity index (χ4v) is 4.34. The quantitative estimate of drug-likeness (QED) is 0.792. The molecule has 2 aromatic rings. The molecule has 2 aliphatic heterocycles. The zero-order chi connectivity index (χ0) is 19.5. The Morgan fingerprint density at radius 3 is 2.68 bits per heavy atom. The van der Waals surface area contributed by atoms with E-state index in [1.165, 1.54) is 5.56 Å². The average Bonchev–Trinajstić information content (AvgIpc) is 3.13. The van der Waals surface area contributed by atoms with Crippen molar-refractivity contribution in [2.45, 2.75) is 45.3 Å². The van der Waals surface area contributed by atoms with Crippen molar-refractivity contribution >= 4 is 5.91 Å². The van der Waals surface area contributed by atoms with Crippen LogP contribution in [0, 0.1) is 12.8 Å². The largest absolute Gasteiger partial charge is 0.480 e. The van der Waals surface area contributed by atoms with Crippen molar-refractivity contribution in [2.75, 3.05) is 26.7 Å². The molecule has 0 radical (unpaired) electrons. The Bertz CT molecular complexity index is 808. The van der Waals surface area contributed by atoms with E-state index in [1.807, 2.05) is 43.1 Å². The molecule has 28 heavy (non-hydrogen) atoms. The van der Waals surface area contributed by atoms with Crippen LogP contribution in [-0.2, 0) is 17.8 Å². The number of carbonyl (C=O) groups is 1. The lowest BCUT2D eigenvalue weighted by Crippen LogP contribution is -2.45. The highest BCUT2D eigenvalue weighted by Crippen LogP contribution is 2.28. The normalized spacial score (nSPS) is 20.4. The van der Waals surface area contributed by atoms with Crippen LogP contribution in [0.1, 0.15) is 36.3 Å². The second kappa shape index (κ2) is 8.39. The molecule has 0 saturated carbocycles. The number of para-hydroxylation sites is 1. The van der Waals surface area contributed by atoms with Gasteiger partial charge in [-0.25, -0.2) is 0 Å². The number of aryl methyl sites for hydroxylation is 2. The van der Waals surface area contributed by atoms with E-state index in [1.54, 1.807) is 0 Å². The summed E-state index contributed by atoms with van der Waals surface area (Å²) in [5.41, 5.74) is 1.20. The van der Waals surface area contributed by atoms with Gasteiger partial charge in [0.25, 0.3) is 5.91 Å². The molecule has 1 fully saturated rings. The summed E-state index contributed by atoms with van der Waals surface area (Å²) in [6, 6.07) is 12.1. The Morgan fingerprint density at radius 2 is 1.93 bits per heavy atom. The highest BCUT2D eigenvalue weighted by atomic mass is 16.5. The molecule has 0 spiro atoms. The second-order valence-electron chi connectivity index (χ2n) is 8.20. The van der Waals surface area contributed by atoms with Crippen LogP contribution in [0.5, 0.6) is 5.75 Å². The van der Waals surface area contributed by atoms with E-state index in [4.69, 9.17) is 9.15 Å². The smallest absolute Gasteiger partial charge is 0.263 e. The Labute approximate surface area is 167 Å². The van der Waals surface area contributed by atoms with E-state index in [-0.39, 0.29) is 12.0 Å². The maximum absolute atomic E-state index is 12.9. The van der Waals surface area contributed by atoms with Crippen LogP contribution in [0.25, 0.3) is 0 Å². The van der Waals surface area contributed by atoms with Crippen molar-refractivity contribution in [3.63, 3.8) is 0 Å². The van der Waals surface area contributed by atoms with Gasteiger partial charge in [-0.2, -0.15) is 0 Å². The number of fused-ring (bicyclic) bond motifs is 1. The molecule has 0 aliphatic carbocycles. The lowest BCUT2D eigenvalue weighted by Gasteiger charge is -2.35. The van der Waals surface area contributed by atoms with E-state index in [9.17, 15) is 4.79 Å². The van der Waals surface area contributed by atoms with Gasteiger partial charge in [-0.05, 0) is 75.4 Å². The molecule has 3 heterocycles. The number of benzene rings is 1. The van der Waals surface area contributed by atoms with Crippen LogP contribution in [-0.4, -0.2) is 48.5 Å². The summed E-state index contributed by atoms with van der Waals surface area (Å²) in [4.78, 5) is 17.2. The maximum atomic E-state index is 12.9. The molecule has 1 unspecified atom stereocenters. The molecule has 1 aromatic heterocycles. The summed E-state index contributed by atoms with van der Waals surface area (Å²) < 4.78 is 11.7. The summed E-state index contributed by atoms with van der Waals surface area (Å²) >= 11 is 0. The summed E-state index contributed by atoms with van der Waals surface area (Å²) in [6.07, 6.45) is 3.56. The number of rotatable bonds is 5. The molecular formula is C23H30N2O3. The van der Waals surface area contributed by atoms with Gasteiger partial charge in [0.05, 0.1) is 6.54 Å². The predicted octanol–water partition coefficient (Wildman–Crippen LogP) is 3.65. The number of carbonyl (C=O) groups excluding carboxylic acids is 1. The number of likely N-dealkylation sites (tertiary alicyclic amines) is 1. The third kappa shape index (κ3) is 4.41. The molecule has 1 amide bonds. The Morgan fingerprint density at radius 1 is 1.14 bits per heavy atom. The van der Waals surface area contributed by atoms with Crippen molar-refractivity contribution in [1.82, 2.24) is 9.80 Å². The first-order chi connectivity index (χ1) is 13.6. The molecule has 150 valence electrons. The Kier molecular flexibility index (Phi) is 5.72. The first kappa shape index (κ1) is 19.1. The summed E-state index contributed by atoms with van der Waals surface area (Å²) in [5.74, 6) is 3.54. The number of amides is 1. The first-order valence-electron chi connectivity index (χ1n) is 10.4. The molecule has 2 aliphatic rings. The lowest BCUT2D eigenvalue weighted by atomic mass is 9.95. The second-order valence-corrected chi connectivity index (χ2v) is 8.20. The van der Waals surface area contributed by atoms with Crippen LogP contribution in [0.4, 0.5) is 0 Å². The number of furan rings is 1. The van der Waals surface area contributed by atoms with Gasteiger partial charge >= 0.3 is 0 Å². The fraction of sp³-hybridized carbons (Fsp3) is 0.522. The number of hydrogen-bond acceptors (Lipinski definition) is 4. The highest BCUT2D eigenvalue weighted by Gasteiger charge is 2.30. The minimum absolute atomic E-state index is 0.114. The van der Waals surface area contributed by atoms with E-state index in [0.717, 1.165) is 69.1 Å². The van der Waals surface area contributed by atoms with Gasteiger partial charge in [-0.3, -0.25) is 9.69 Å². The molecule has 5 heteroatoms. The third-order valence-corrected chi connectivity index (χ3v) is 5.98. The predicted molar refractivity (Wildman–Crippen MR) is 108 cm³/mol. The topological polar surface area (TPSA) is 45.9 Å². The van der Waals surface area contributed by atoms with Gasteiger partial charge in [0.1, 0.15) is 17.3 Å². The minimum atomic E-state index is -0.345. The summed E-state index contributed by atoms with van der Waals surface area (Å²) in [7, 11) is 1.92. The Hall–Kier alpha value is -2.27. The third-order valence-electron chi connectivity index (χ3n) is 5.98. The maximum Gasteiger partial charge on any atom is 0.263 e. The zero-order valence-corrected chi connectivity index (χ0v) is 16.9. The van der Waals surface area contributed by atoms with Crippen molar-refractivity contribution < 1.29 is 13.9 Å². The van der Waals surface area contributed by atoms with E-state index in [2.05, 4.69) is 17.0 Å². The van der Waals surface area contributed by atoms with Crippen molar-refractivity contribution in [2.24, 2.45) is 5.92 Å². The van der Waals surface area contributed by atoms with Crippen LogP contribution < -0.4 is 4.74 Å². The standard InChI is InChI=1S/C23H30N2O3/c1-17-7-9-20(27-17)16-25-13-11-18(12-14-25)15-24(2)23(26)22-10-8-19-5-3-4-6-21(19)28-22/h3-7,9,18,22H,8,10-16H2,1-2H3. The number of likely N-dealkylation sites (N-methyl/N-ethyl adjacent to an activating group) is 1. The Balaban J connectivity index is 1.24. The monoisotopic (exact) mass is 382 g/mol. The SMILES string of the molecule is Cc1ccc(CN2CCC(CN(C)C(=O)C3CCc4ccccc4O3)CC2)o1. The number of ether oxygens (including phenoxy) is 1. The van der Waals surface area contributed by atoms with Gasteiger partial charge < -0.3 is 14.1 Å². The fourth-order valence-electron chi connectivity index (χ4n) is 4.34. The van der Waals surface area contributed by atoms with Crippen molar-refractivity contribution in [3.8, 4) is 5.75 Å². The van der Waals surface area contributed by atoms with Gasteiger partial charge in [0.2, 0.25) is 0 Å². The highest BCUT2D eigenvalue weighted by molar-refractivity contribution is 5.81. The molecule has 0 bridgehead atoms. The molecular weight excluding hydrogens is 352 g/mol. The van der Waals surface area contributed by atoms with Crippen molar-refractivity contribution in [1.29, 1.82) is 0 Å². The van der Waals surface area contributed by atoms with E-state index >= 15 is 0 Å². The van der Waals surface area contributed by atoms with Crippen LogP contribution >= 0.6 is 0 Å².